The molecule has 0 saturated heterocycles. The van der Waals surface area contributed by atoms with Crippen LogP contribution in [0.5, 0.6) is 0 Å². The molecule has 0 fully saturated rings. The molecule has 5 N–H and O–H groups in total. The van der Waals surface area contributed by atoms with Gasteiger partial charge in [0.1, 0.15) is 6.04 Å². The molecule has 3 amide bonds. The Morgan fingerprint density at radius 2 is 1.62 bits per heavy atom. The van der Waals surface area contributed by atoms with Crippen LogP contribution in [0.3, 0.4) is 0 Å². The Bertz CT molecular complexity index is 296. The van der Waals surface area contributed by atoms with Gasteiger partial charge in [0.2, 0.25) is 5.91 Å². The molecule has 7 heteroatoms. The summed E-state index contributed by atoms with van der Waals surface area (Å²) in [6.07, 6.45) is 0. The van der Waals surface area contributed by atoms with Gasteiger partial charge in [-0.25, -0.2) is 5.84 Å². The van der Waals surface area contributed by atoms with Crippen molar-refractivity contribution in [2.75, 3.05) is 0 Å². The van der Waals surface area contributed by atoms with Crippen molar-refractivity contribution in [2.24, 2.45) is 5.84 Å². The first-order valence-corrected chi connectivity index (χ1v) is 4.81. The lowest BCUT2D eigenvalue weighted by molar-refractivity contribution is -0.140. The Labute approximate surface area is 94.1 Å². The molecule has 0 saturated carbocycles. The highest BCUT2D eigenvalue weighted by Crippen LogP contribution is 1.99. The highest BCUT2D eigenvalue weighted by molar-refractivity contribution is 6.35. The topological polar surface area (TPSA) is 113 Å². The zero-order valence-corrected chi connectivity index (χ0v) is 9.88. The van der Waals surface area contributed by atoms with Gasteiger partial charge in [-0.3, -0.25) is 19.8 Å². The lowest BCUT2D eigenvalue weighted by Gasteiger charge is -2.23. The number of hydrogen-bond acceptors (Lipinski definition) is 4. The molecule has 92 valence electrons. The number of amides is 3. The lowest BCUT2D eigenvalue weighted by atomic mass is 10.1. The van der Waals surface area contributed by atoms with Crippen LogP contribution in [0.15, 0.2) is 0 Å². The van der Waals surface area contributed by atoms with Crippen LogP contribution >= 0.6 is 0 Å². The Morgan fingerprint density at radius 1 is 1.12 bits per heavy atom. The van der Waals surface area contributed by atoms with Crippen molar-refractivity contribution in [3.05, 3.63) is 0 Å². The molecule has 0 spiro atoms. The summed E-state index contributed by atoms with van der Waals surface area (Å²) >= 11 is 0. The fourth-order valence-electron chi connectivity index (χ4n) is 0.871. The summed E-state index contributed by atoms with van der Waals surface area (Å²) in [5, 5.41) is 4.87. The fourth-order valence-corrected chi connectivity index (χ4v) is 0.871. The van der Waals surface area contributed by atoms with E-state index in [1.807, 2.05) is 20.8 Å². The monoisotopic (exact) mass is 230 g/mol. The number of carbonyl (C=O) groups is 3. The van der Waals surface area contributed by atoms with E-state index < -0.39 is 23.4 Å². The van der Waals surface area contributed by atoms with Crippen LogP contribution in [0.2, 0.25) is 0 Å². The number of hydrogen-bond donors (Lipinski definition) is 4. The van der Waals surface area contributed by atoms with Gasteiger partial charge < -0.3 is 10.6 Å². The zero-order valence-electron chi connectivity index (χ0n) is 9.88. The van der Waals surface area contributed by atoms with Crippen LogP contribution in [-0.4, -0.2) is 29.3 Å². The van der Waals surface area contributed by atoms with Crippen molar-refractivity contribution >= 4 is 17.7 Å². The molecule has 0 aliphatic carbocycles. The van der Waals surface area contributed by atoms with Crippen LogP contribution in [0, 0.1) is 0 Å². The molecule has 0 radical (unpaired) electrons. The third-order valence-electron chi connectivity index (χ3n) is 1.58. The van der Waals surface area contributed by atoms with Gasteiger partial charge >= 0.3 is 11.8 Å². The summed E-state index contributed by atoms with van der Waals surface area (Å²) in [5.41, 5.74) is 1.28. The van der Waals surface area contributed by atoms with Crippen LogP contribution < -0.4 is 21.9 Å². The van der Waals surface area contributed by atoms with Crippen molar-refractivity contribution in [1.82, 2.24) is 16.1 Å². The van der Waals surface area contributed by atoms with Gasteiger partial charge in [-0.05, 0) is 27.7 Å². The Balaban J connectivity index is 4.26. The molecule has 0 heterocycles. The highest BCUT2D eigenvalue weighted by Gasteiger charge is 2.22. The number of rotatable bonds is 2. The van der Waals surface area contributed by atoms with E-state index in [4.69, 9.17) is 5.84 Å². The predicted octanol–water partition coefficient (Wildman–Crippen LogP) is -1.60. The van der Waals surface area contributed by atoms with Crippen molar-refractivity contribution in [1.29, 1.82) is 0 Å². The van der Waals surface area contributed by atoms with Crippen LogP contribution in [-0.2, 0) is 14.4 Å². The molecule has 0 rings (SSSR count). The third-order valence-corrected chi connectivity index (χ3v) is 1.58. The van der Waals surface area contributed by atoms with Gasteiger partial charge in [-0.1, -0.05) is 0 Å². The summed E-state index contributed by atoms with van der Waals surface area (Å²) < 4.78 is 0. The van der Waals surface area contributed by atoms with E-state index in [1.54, 1.807) is 5.43 Å². The van der Waals surface area contributed by atoms with Gasteiger partial charge in [0.15, 0.2) is 0 Å². The van der Waals surface area contributed by atoms with E-state index in [0.29, 0.717) is 0 Å². The molecule has 0 bridgehead atoms. The number of nitrogens with two attached hydrogens (primary N) is 1. The predicted molar refractivity (Wildman–Crippen MR) is 57.8 cm³/mol. The minimum atomic E-state index is -0.990. The molecular formula is C9H18N4O3. The van der Waals surface area contributed by atoms with Crippen molar-refractivity contribution in [2.45, 2.75) is 39.3 Å². The highest BCUT2D eigenvalue weighted by atomic mass is 16.2. The summed E-state index contributed by atoms with van der Waals surface area (Å²) in [4.78, 5) is 33.4. The van der Waals surface area contributed by atoms with Gasteiger partial charge in [-0.2, -0.15) is 0 Å². The van der Waals surface area contributed by atoms with Gasteiger partial charge in [0.25, 0.3) is 0 Å². The minimum absolute atomic E-state index is 0.370. The second-order valence-electron chi connectivity index (χ2n) is 4.41. The molecule has 1 atom stereocenters. The van der Waals surface area contributed by atoms with E-state index in [0.717, 1.165) is 0 Å². The average molecular weight is 230 g/mol. The van der Waals surface area contributed by atoms with Gasteiger partial charge in [0.05, 0.1) is 0 Å². The second kappa shape index (κ2) is 5.45. The summed E-state index contributed by atoms with van der Waals surface area (Å²) in [6, 6.07) is -0.802. The van der Waals surface area contributed by atoms with E-state index >= 15 is 0 Å². The van der Waals surface area contributed by atoms with Gasteiger partial charge in [0, 0.05) is 5.54 Å². The first-order chi connectivity index (χ1) is 7.17. The Hall–Kier alpha value is -1.63. The number of nitrogens with one attached hydrogen (secondary N) is 3. The minimum Gasteiger partial charge on any atom is -0.350 e. The molecule has 0 aromatic rings. The molecule has 0 aliphatic heterocycles. The average Bonchev–Trinajstić information content (AvgIpc) is 2.13. The largest absolute Gasteiger partial charge is 0.350 e. The first-order valence-electron chi connectivity index (χ1n) is 4.81. The second-order valence-corrected chi connectivity index (χ2v) is 4.41. The first kappa shape index (κ1) is 14.4. The van der Waals surface area contributed by atoms with Crippen LogP contribution in [0.1, 0.15) is 27.7 Å². The zero-order chi connectivity index (χ0) is 12.9. The van der Waals surface area contributed by atoms with Crippen LogP contribution in [0.25, 0.3) is 0 Å². The van der Waals surface area contributed by atoms with Gasteiger partial charge in [-0.15, -0.1) is 0 Å². The summed E-state index contributed by atoms with van der Waals surface area (Å²) in [5.74, 6) is 2.46. The molecule has 0 aromatic carbocycles. The standard InChI is InChI=1S/C9H18N4O3/c1-5(6(14)12-9(2,3)4)11-7(15)8(16)13-10/h5H,10H2,1-4H3,(H,11,15)(H,12,14)(H,13,16). The normalized spacial score (nSPS) is 12.6. The Kier molecular flexibility index (Phi) is 4.90. The van der Waals surface area contributed by atoms with Crippen molar-refractivity contribution in [3.63, 3.8) is 0 Å². The maximum absolute atomic E-state index is 11.5. The maximum Gasteiger partial charge on any atom is 0.323 e. The van der Waals surface area contributed by atoms with Crippen molar-refractivity contribution in [3.8, 4) is 0 Å². The third kappa shape index (κ3) is 5.30. The van der Waals surface area contributed by atoms with E-state index in [-0.39, 0.29) is 5.91 Å². The maximum atomic E-state index is 11.5. The summed E-state index contributed by atoms with van der Waals surface area (Å²) in [6.45, 7) is 6.91. The fraction of sp³-hybridized carbons (Fsp3) is 0.667. The number of carbonyl (C=O) groups excluding carboxylic acids is 3. The van der Waals surface area contributed by atoms with E-state index in [1.165, 1.54) is 6.92 Å². The number of hydrazine groups is 1. The molecular weight excluding hydrogens is 212 g/mol. The quantitative estimate of drug-likeness (QED) is 0.198. The smallest absolute Gasteiger partial charge is 0.323 e. The van der Waals surface area contributed by atoms with E-state index in [2.05, 4.69) is 10.6 Å². The summed E-state index contributed by atoms with van der Waals surface area (Å²) in [7, 11) is 0. The Morgan fingerprint density at radius 3 is 2.00 bits per heavy atom. The van der Waals surface area contributed by atoms with E-state index in [9.17, 15) is 14.4 Å². The molecule has 0 aromatic heterocycles. The van der Waals surface area contributed by atoms with Crippen LogP contribution in [0.4, 0.5) is 0 Å². The molecule has 16 heavy (non-hydrogen) atoms. The SMILES string of the molecule is CC(NC(=O)C(=O)NN)C(=O)NC(C)(C)C. The lowest BCUT2D eigenvalue weighted by Crippen LogP contribution is -2.53. The van der Waals surface area contributed by atoms with Crippen molar-refractivity contribution < 1.29 is 14.4 Å². The molecule has 1 unspecified atom stereocenters. The molecule has 0 aliphatic rings. The molecule has 7 nitrogen and oxygen atoms in total.